The Balaban J connectivity index is 2.27. The van der Waals surface area contributed by atoms with E-state index in [2.05, 4.69) is 37.5 Å². The number of rotatable bonds is 3. The van der Waals surface area contributed by atoms with Crippen molar-refractivity contribution in [2.45, 2.75) is 12.1 Å². The number of halogens is 1. The molecule has 2 heterocycles. The normalized spacial score (nSPS) is 10.8. The maximum absolute atomic E-state index is 4.36. The Labute approximate surface area is 101 Å². The topological polar surface area (TPSA) is 41.6 Å². The summed E-state index contributed by atoms with van der Waals surface area (Å²) in [6, 6.07) is 1.97. The maximum Gasteiger partial charge on any atom is 0.178 e. The molecule has 0 amide bonds. The molecule has 1 N–H and O–H groups in total. The second kappa shape index (κ2) is 4.37. The maximum atomic E-state index is 4.36. The predicted molar refractivity (Wildman–Crippen MR) is 67.1 cm³/mol. The third kappa shape index (κ3) is 2.60. The van der Waals surface area contributed by atoms with Crippen molar-refractivity contribution in [1.82, 2.24) is 15.0 Å². The lowest BCUT2D eigenvalue weighted by atomic mass is 10.4. The first kappa shape index (κ1) is 10.7. The van der Waals surface area contributed by atoms with Crippen molar-refractivity contribution >= 4 is 38.9 Å². The average molecular weight is 284 g/mol. The van der Waals surface area contributed by atoms with Crippen molar-refractivity contribution in [1.29, 1.82) is 0 Å². The summed E-state index contributed by atoms with van der Waals surface area (Å²) < 4.78 is 0.954. The highest BCUT2D eigenvalue weighted by atomic mass is 79.9. The highest BCUT2D eigenvalue weighted by Gasteiger charge is 2.04. The molecule has 0 fully saturated rings. The Morgan fingerprint density at radius 3 is 3.20 bits per heavy atom. The number of fused-ring (bicyclic) bond motifs is 1. The van der Waals surface area contributed by atoms with E-state index in [9.17, 15) is 0 Å². The van der Waals surface area contributed by atoms with Gasteiger partial charge in [-0.15, -0.1) is 0 Å². The fourth-order valence-electron chi connectivity index (χ4n) is 1.11. The number of aromatic amines is 1. The van der Waals surface area contributed by atoms with Crippen LogP contribution in [0, 0.1) is 0 Å². The molecule has 5 heteroatoms. The van der Waals surface area contributed by atoms with E-state index in [4.69, 9.17) is 0 Å². The summed E-state index contributed by atoms with van der Waals surface area (Å²) in [5.74, 6) is 0.876. The molecule has 0 radical (unpaired) electrons. The monoisotopic (exact) mass is 283 g/mol. The molecular weight excluding hydrogens is 274 g/mol. The number of pyridine rings is 1. The molecule has 0 aliphatic heterocycles. The summed E-state index contributed by atoms with van der Waals surface area (Å²) in [4.78, 5) is 11.8. The number of nitrogens with one attached hydrogen (secondary N) is 1. The molecule has 3 nitrogen and oxygen atoms in total. The molecule has 0 saturated heterocycles. The van der Waals surface area contributed by atoms with Crippen molar-refractivity contribution in [3.63, 3.8) is 0 Å². The van der Waals surface area contributed by atoms with E-state index in [1.165, 1.54) is 0 Å². The van der Waals surface area contributed by atoms with Crippen LogP contribution in [0.2, 0.25) is 0 Å². The zero-order valence-corrected chi connectivity index (χ0v) is 10.7. The third-order valence-electron chi connectivity index (χ3n) is 1.74. The zero-order chi connectivity index (χ0) is 10.8. The van der Waals surface area contributed by atoms with Crippen LogP contribution in [0.5, 0.6) is 0 Å². The van der Waals surface area contributed by atoms with Gasteiger partial charge < -0.3 is 4.98 Å². The van der Waals surface area contributed by atoms with Crippen LogP contribution in [-0.2, 0) is 0 Å². The van der Waals surface area contributed by atoms with Gasteiger partial charge in [0.1, 0.15) is 0 Å². The number of H-pyrrole nitrogens is 1. The molecule has 0 saturated carbocycles. The lowest BCUT2D eigenvalue weighted by Gasteiger charge is -1.94. The van der Waals surface area contributed by atoms with E-state index in [1.807, 2.05) is 13.0 Å². The van der Waals surface area contributed by atoms with Gasteiger partial charge in [0.15, 0.2) is 10.8 Å². The van der Waals surface area contributed by atoms with E-state index in [0.717, 1.165) is 32.1 Å². The van der Waals surface area contributed by atoms with Crippen molar-refractivity contribution < 1.29 is 0 Å². The number of nitrogens with zero attached hydrogens (tertiary/aromatic N) is 2. The molecule has 2 aromatic heterocycles. The highest BCUT2D eigenvalue weighted by molar-refractivity contribution is 9.10. The van der Waals surface area contributed by atoms with E-state index < -0.39 is 0 Å². The van der Waals surface area contributed by atoms with Gasteiger partial charge in [0, 0.05) is 16.4 Å². The molecule has 0 aliphatic rings. The number of thioether (sulfide) groups is 1. The summed E-state index contributed by atoms with van der Waals surface area (Å²) >= 11 is 5.01. The molecule has 2 aromatic rings. The minimum atomic E-state index is 0.752. The van der Waals surface area contributed by atoms with Crippen molar-refractivity contribution in [3.05, 3.63) is 28.9 Å². The number of hydrogen-bond acceptors (Lipinski definition) is 3. The lowest BCUT2D eigenvalue weighted by Crippen LogP contribution is -1.80. The summed E-state index contributed by atoms with van der Waals surface area (Å²) in [5.41, 5.74) is 2.84. The Hall–Kier alpha value is -0.810. The van der Waals surface area contributed by atoms with Crippen LogP contribution in [-0.4, -0.2) is 20.7 Å². The first-order valence-electron chi connectivity index (χ1n) is 4.43. The van der Waals surface area contributed by atoms with Gasteiger partial charge in [-0.05, 0) is 28.9 Å². The van der Waals surface area contributed by atoms with Gasteiger partial charge in [-0.2, -0.15) is 0 Å². The molecule has 2 rings (SSSR count). The molecule has 15 heavy (non-hydrogen) atoms. The Kier molecular flexibility index (Phi) is 3.11. The van der Waals surface area contributed by atoms with E-state index in [1.54, 1.807) is 18.0 Å². The van der Waals surface area contributed by atoms with Gasteiger partial charge in [-0.3, -0.25) is 0 Å². The summed E-state index contributed by atoms with van der Waals surface area (Å²) in [7, 11) is 0. The first-order valence-corrected chi connectivity index (χ1v) is 6.21. The van der Waals surface area contributed by atoms with Crippen LogP contribution in [0.3, 0.4) is 0 Å². The average Bonchev–Trinajstić information content (AvgIpc) is 2.56. The van der Waals surface area contributed by atoms with Gasteiger partial charge in [0.2, 0.25) is 0 Å². The lowest BCUT2D eigenvalue weighted by molar-refractivity contribution is 1.07. The number of imidazole rings is 1. The van der Waals surface area contributed by atoms with E-state index in [0.29, 0.717) is 0 Å². The van der Waals surface area contributed by atoms with Gasteiger partial charge in [0.25, 0.3) is 0 Å². The van der Waals surface area contributed by atoms with Gasteiger partial charge in [0.05, 0.1) is 5.52 Å². The van der Waals surface area contributed by atoms with Crippen LogP contribution in [0.4, 0.5) is 0 Å². The zero-order valence-electron chi connectivity index (χ0n) is 8.25. The second-order valence-electron chi connectivity index (χ2n) is 3.31. The molecule has 0 aliphatic carbocycles. The van der Waals surface area contributed by atoms with Crippen molar-refractivity contribution in [3.8, 4) is 0 Å². The van der Waals surface area contributed by atoms with Crippen molar-refractivity contribution in [2.75, 3.05) is 5.75 Å². The van der Waals surface area contributed by atoms with Gasteiger partial charge >= 0.3 is 0 Å². The number of hydrogen-bond donors (Lipinski definition) is 1. The fraction of sp³-hybridized carbons (Fsp3) is 0.200. The molecule has 0 aromatic carbocycles. The predicted octanol–water partition coefficient (Wildman–Crippen LogP) is 3.39. The molecular formula is C10H10BrN3S. The minimum absolute atomic E-state index is 0.752. The van der Waals surface area contributed by atoms with Crippen LogP contribution >= 0.6 is 27.7 Å². The fourth-order valence-corrected chi connectivity index (χ4v) is 2.16. The highest BCUT2D eigenvalue weighted by Crippen LogP contribution is 2.21. The largest absolute Gasteiger partial charge is 0.331 e. The molecule has 0 atom stereocenters. The Bertz CT molecular complexity index is 506. The summed E-state index contributed by atoms with van der Waals surface area (Å²) in [5, 5.41) is 0.888. The number of aromatic nitrogens is 3. The van der Waals surface area contributed by atoms with Crippen LogP contribution in [0.15, 0.2) is 34.0 Å². The van der Waals surface area contributed by atoms with Crippen molar-refractivity contribution in [2.24, 2.45) is 0 Å². The Morgan fingerprint density at radius 2 is 2.47 bits per heavy atom. The van der Waals surface area contributed by atoms with Crippen LogP contribution < -0.4 is 0 Å². The van der Waals surface area contributed by atoms with Gasteiger partial charge in [-0.1, -0.05) is 23.9 Å². The van der Waals surface area contributed by atoms with E-state index in [-0.39, 0.29) is 0 Å². The molecule has 0 unspecified atom stereocenters. The van der Waals surface area contributed by atoms with Crippen LogP contribution in [0.1, 0.15) is 6.92 Å². The first-order chi connectivity index (χ1) is 7.15. The molecule has 0 spiro atoms. The third-order valence-corrected chi connectivity index (χ3v) is 3.28. The van der Waals surface area contributed by atoms with Crippen LogP contribution in [0.25, 0.3) is 11.2 Å². The Morgan fingerprint density at radius 1 is 1.67 bits per heavy atom. The summed E-state index contributed by atoms with van der Waals surface area (Å²) in [6.45, 7) is 5.86. The smallest absolute Gasteiger partial charge is 0.178 e. The van der Waals surface area contributed by atoms with E-state index >= 15 is 0 Å². The molecule has 0 bridgehead atoms. The SMILES string of the molecule is C=C(C)CSc1nc2ncc(Br)cc2[nH]1. The van der Waals surface area contributed by atoms with Gasteiger partial charge in [-0.25, -0.2) is 9.97 Å². The summed E-state index contributed by atoms with van der Waals surface area (Å²) in [6.07, 6.45) is 1.75. The molecule has 78 valence electrons. The second-order valence-corrected chi connectivity index (χ2v) is 5.19. The minimum Gasteiger partial charge on any atom is -0.331 e. The standard InChI is InChI=1S/C10H10BrN3S/c1-6(2)5-15-10-13-8-3-7(11)4-12-9(8)14-10/h3-4H,1,5H2,2H3,(H,12,13,14). The quantitative estimate of drug-likeness (QED) is 0.694.